The molecule has 0 saturated carbocycles. The highest BCUT2D eigenvalue weighted by Crippen LogP contribution is 2.22. The third-order valence-corrected chi connectivity index (χ3v) is 2.03. The summed E-state index contributed by atoms with van der Waals surface area (Å²) < 4.78 is 14.1. The fourth-order valence-corrected chi connectivity index (χ4v) is 1.25. The van der Waals surface area contributed by atoms with Crippen LogP contribution in [-0.4, -0.2) is 26.2 Å². The number of hydrogen-bond acceptors (Lipinski definition) is 5. The van der Waals surface area contributed by atoms with Gasteiger partial charge in [-0.05, 0) is 15.9 Å². The maximum Gasteiger partial charge on any atom is 0.375 e. The third-order valence-electron chi connectivity index (χ3n) is 1.44. The Hall–Kier alpha value is -1.30. The number of furan rings is 1. The third kappa shape index (κ3) is 1.95. The van der Waals surface area contributed by atoms with Gasteiger partial charge in [-0.15, -0.1) is 0 Å². The van der Waals surface area contributed by atoms with Gasteiger partial charge in [0, 0.05) is 6.07 Å². The lowest BCUT2D eigenvalue weighted by atomic mass is 10.4. The second kappa shape index (κ2) is 4.28. The van der Waals surface area contributed by atoms with Gasteiger partial charge in [-0.2, -0.15) is 0 Å². The highest BCUT2D eigenvalue weighted by Gasteiger charge is 2.21. The van der Waals surface area contributed by atoms with Crippen LogP contribution in [0.5, 0.6) is 0 Å². The van der Waals surface area contributed by atoms with Crippen molar-refractivity contribution < 1.29 is 23.5 Å². The van der Waals surface area contributed by atoms with Crippen molar-refractivity contribution in [3.8, 4) is 0 Å². The minimum absolute atomic E-state index is 0.0558. The van der Waals surface area contributed by atoms with Crippen LogP contribution in [0.4, 0.5) is 0 Å². The number of carbonyl (C=O) groups is 2. The van der Waals surface area contributed by atoms with E-state index >= 15 is 0 Å². The average molecular weight is 263 g/mol. The quantitative estimate of drug-likeness (QED) is 0.758. The zero-order valence-electron chi connectivity index (χ0n) is 7.50. The zero-order chi connectivity index (χ0) is 10.7. The second-order valence-corrected chi connectivity index (χ2v) is 3.13. The summed E-state index contributed by atoms with van der Waals surface area (Å²) in [5.41, 5.74) is 0. The van der Waals surface area contributed by atoms with Gasteiger partial charge < -0.3 is 13.9 Å². The summed E-state index contributed by atoms with van der Waals surface area (Å²) in [7, 11) is 2.44. The largest absolute Gasteiger partial charge is 0.463 e. The predicted octanol–water partition coefficient (Wildman–Crippen LogP) is 1.62. The minimum atomic E-state index is -0.660. The van der Waals surface area contributed by atoms with Crippen LogP contribution in [0.25, 0.3) is 0 Å². The Morgan fingerprint density at radius 3 is 2.36 bits per heavy atom. The summed E-state index contributed by atoms with van der Waals surface area (Å²) in [4.78, 5) is 22.1. The van der Waals surface area contributed by atoms with Gasteiger partial charge in [0.25, 0.3) is 0 Å². The molecular formula is C8H7BrO5. The van der Waals surface area contributed by atoms with Crippen molar-refractivity contribution in [2.75, 3.05) is 14.2 Å². The van der Waals surface area contributed by atoms with Crippen LogP contribution in [0, 0.1) is 0 Å². The van der Waals surface area contributed by atoms with Crippen LogP contribution in [-0.2, 0) is 9.47 Å². The van der Waals surface area contributed by atoms with E-state index < -0.39 is 11.9 Å². The van der Waals surface area contributed by atoms with Gasteiger partial charge in [-0.25, -0.2) is 9.59 Å². The van der Waals surface area contributed by atoms with Crippen LogP contribution in [0.15, 0.2) is 15.0 Å². The Labute approximate surface area is 88.1 Å². The molecule has 0 radical (unpaired) electrons. The molecule has 1 aromatic heterocycles. The van der Waals surface area contributed by atoms with Crippen molar-refractivity contribution in [2.24, 2.45) is 0 Å². The van der Waals surface area contributed by atoms with Crippen LogP contribution in [0.2, 0.25) is 0 Å². The molecule has 0 atom stereocenters. The van der Waals surface area contributed by atoms with Crippen molar-refractivity contribution in [2.45, 2.75) is 0 Å². The molecule has 0 unspecified atom stereocenters. The SMILES string of the molecule is COC(=O)c1cc(Br)c(C(=O)OC)o1. The number of ether oxygens (including phenoxy) is 2. The van der Waals surface area contributed by atoms with Gasteiger partial charge in [0.05, 0.1) is 18.7 Å². The first kappa shape index (κ1) is 10.8. The van der Waals surface area contributed by atoms with E-state index in [0.29, 0.717) is 4.47 Å². The zero-order valence-corrected chi connectivity index (χ0v) is 9.08. The van der Waals surface area contributed by atoms with E-state index in [-0.39, 0.29) is 11.5 Å². The molecule has 5 nitrogen and oxygen atoms in total. The molecule has 0 spiro atoms. The van der Waals surface area contributed by atoms with Crippen molar-refractivity contribution >= 4 is 27.9 Å². The van der Waals surface area contributed by atoms with Crippen molar-refractivity contribution in [1.29, 1.82) is 0 Å². The Morgan fingerprint density at radius 1 is 1.29 bits per heavy atom. The molecule has 1 heterocycles. The summed E-state index contributed by atoms with van der Waals surface area (Å²) in [5, 5.41) is 0. The normalized spacial score (nSPS) is 9.64. The maximum atomic E-state index is 11.1. The molecule has 0 aromatic carbocycles. The number of methoxy groups -OCH3 is 2. The maximum absolute atomic E-state index is 11.1. The number of esters is 2. The Bertz CT molecular complexity index is 368. The molecular weight excluding hydrogens is 256 g/mol. The van der Waals surface area contributed by atoms with E-state index in [4.69, 9.17) is 4.42 Å². The van der Waals surface area contributed by atoms with Gasteiger partial charge in [0.1, 0.15) is 0 Å². The molecule has 76 valence electrons. The van der Waals surface area contributed by atoms with E-state index in [1.807, 2.05) is 0 Å². The minimum Gasteiger partial charge on any atom is -0.463 e. The summed E-state index contributed by atoms with van der Waals surface area (Å²) in [6.07, 6.45) is 0. The average Bonchev–Trinajstić information content (AvgIpc) is 2.58. The van der Waals surface area contributed by atoms with Crippen molar-refractivity contribution in [3.05, 3.63) is 22.1 Å². The highest BCUT2D eigenvalue weighted by molar-refractivity contribution is 9.10. The molecule has 0 aliphatic carbocycles. The van der Waals surface area contributed by atoms with Gasteiger partial charge >= 0.3 is 11.9 Å². The van der Waals surface area contributed by atoms with Crippen LogP contribution in [0.1, 0.15) is 21.1 Å². The van der Waals surface area contributed by atoms with E-state index in [9.17, 15) is 9.59 Å². The fourth-order valence-electron chi connectivity index (χ4n) is 0.802. The molecule has 1 rings (SSSR count). The first-order valence-corrected chi connectivity index (χ1v) is 4.35. The molecule has 0 saturated heterocycles. The molecule has 1 aromatic rings. The van der Waals surface area contributed by atoms with E-state index in [1.54, 1.807) is 0 Å². The first-order chi connectivity index (χ1) is 6.60. The van der Waals surface area contributed by atoms with E-state index in [2.05, 4.69) is 25.4 Å². The van der Waals surface area contributed by atoms with Crippen molar-refractivity contribution in [1.82, 2.24) is 0 Å². The second-order valence-electron chi connectivity index (χ2n) is 2.27. The lowest BCUT2D eigenvalue weighted by Gasteiger charge is -1.94. The van der Waals surface area contributed by atoms with Crippen LogP contribution >= 0.6 is 15.9 Å². The molecule has 14 heavy (non-hydrogen) atoms. The summed E-state index contributed by atoms with van der Waals surface area (Å²) >= 11 is 3.05. The lowest BCUT2D eigenvalue weighted by molar-refractivity contribution is 0.0530. The molecule has 6 heteroatoms. The van der Waals surface area contributed by atoms with Gasteiger partial charge in [0.2, 0.25) is 11.5 Å². The number of hydrogen-bond donors (Lipinski definition) is 0. The molecule has 0 amide bonds. The van der Waals surface area contributed by atoms with E-state index in [0.717, 1.165) is 0 Å². The number of rotatable bonds is 2. The Morgan fingerprint density at radius 2 is 1.86 bits per heavy atom. The Kier molecular flexibility index (Phi) is 3.29. The van der Waals surface area contributed by atoms with Gasteiger partial charge in [-0.1, -0.05) is 0 Å². The molecule has 0 aliphatic rings. The number of halogens is 1. The monoisotopic (exact) mass is 262 g/mol. The van der Waals surface area contributed by atoms with Crippen LogP contribution < -0.4 is 0 Å². The standard InChI is InChI=1S/C8H7BrO5/c1-12-7(10)5-3-4(9)6(14-5)8(11)13-2/h3H,1-2H3. The van der Waals surface area contributed by atoms with Gasteiger partial charge in [0.15, 0.2) is 0 Å². The lowest BCUT2D eigenvalue weighted by Crippen LogP contribution is -2.01. The molecule has 0 fully saturated rings. The highest BCUT2D eigenvalue weighted by atomic mass is 79.9. The molecule has 0 aliphatic heterocycles. The summed E-state index contributed by atoms with van der Waals surface area (Å²) in [6.45, 7) is 0. The molecule has 0 bridgehead atoms. The first-order valence-electron chi connectivity index (χ1n) is 3.56. The van der Waals surface area contributed by atoms with Crippen LogP contribution in [0.3, 0.4) is 0 Å². The summed E-state index contributed by atoms with van der Waals surface area (Å²) in [5.74, 6) is -1.43. The molecule has 0 N–H and O–H groups in total. The van der Waals surface area contributed by atoms with E-state index in [1.165, 1.54) is 20.3 Å². The van der Waals surface area contributed by atoms with Gasteiger partial charge in [-0.3, -0.25) is 0 Å². The number of carbonyl (C=O) groups excluding carboxylic acids is 2. The fraction of sp³-hybridized carbons (Fsp3) is 0.250. The topological polar surface area (TPSA) is 65.7 Å². The summed E-state index contributed by atoms with van der Waals surface area (Å²) in [6, 6.07) is 1.35. The van der Waals surface area contributed by atoms with Crippen molar-refractivity contribution in [3.63, 3.8) is 0 Å². The Balaban J connectivity index is 3.05. The smallest absolute Gasteiger partial charge is 0.375 e. The predicted molar refractivity (Wildman–Crippen MR) is 49.1 cm³/mol.